The van der Waals surface area contributed by atoms with Crippen LogP contribution in [0.5, 0.6) is 0 Å². The maximum Gasteiger partial charge on any atom is 0.673 e. The van der Waals surface area contributed by atoms with Crippen molar-refractivity contribution in [3.8, 4) is 0 Å². The molecule has 0 bridgehead atoms. The number of hydrogen-bond acceptors (Lipinski definition) is 2. The molecule has 0 saturated carbocycles. The standard InChI is InChI=1S/C7H8N2O.BF4/c1-5-6(7(8)10)3-2-4-9-5;2-1(3,4)5/h2-4H,1H3,(H2,8,10);/q;-1. The molecule has 0 fully saturated rings. The zero-order chi connectivity index (χ0) is 12.1. The second kappa shape index (κ2) is 5.33. The average Bonchev–Trinajstić information content (AvgIpc) is 2.01. The molecule has 0 saturated heterocycles. The summed E-state index contributed by atoms with van der Waals surface area (Å²) in [5, 5.41) is 0. The molecule has 1 rings (SSSR count). The molecule has 15 heavy (non-hydrogen) atoms. The largest absolute Gasteiger partial charge is 0.673 e. The maximum absolute atomic E-state index is 10.6. The molecule has 0 atom stereocenters. The number of aryl methyl sites for hydroxylation is 1. The first-order valence-corrected chi connectivity index (χ1v) is 3.80. The highest BCUT2D eigenvalue weighted by Crippen LogP contribution is 2.06. The van der Waals surface area contributed by atoms with Crippen LogP contribution in [0.1, 0.15) is 16.1 Å². The highest BCUT2D eigenvalue weighted by atomic mass is 19.5. The molecule has 1 heterocycles. The Kier molecular flexibility index (Phi) is 4.76. The Bertz CT molecular complexity index is 336. The summed E-state index contributed by atoms with van der Waals surface area (Å²) in [4.78, 5) is 14.5. The molecule has 8 heteroatoms. The Hall–Kier alpha value is -1.60. The molecular weight excluding hydrogens is 215 g/mol. The van der Waals surface area contributed by atoms with Crippen LogP contribution in [0.4, 0.5) is 17.3 Å². The summed E-state index contributed by atoms with van der Waals surface area (Å²) >= 11 is 0. The number of carbonyl (C=O) groups is 1. The van der Waals surface area contributed by atoms with Gasteiger partial charge in [0.05, 0.1) is 5.56 Å². The molecule has 0 radical (unpaired) electrons. The van der Waals surface area contributed by atoms with Crippen molar-refractivity contribution >= 4 is 13.2 Å². The first-order chi connectivity index (χ1) is 6.72. The van der Waals surface area contributed by atoms with Gasteiger partial charge < -0.3 is 23.0 Å². The zero-order valence-electron chi connectivity index (χ0n) is 7.75. The lowest BCUT2D eigenvalue weighted by Crippen LogP contribution is -2.12. The fourth-order valence-electron chi connectivity index (χ4n) is 0.745. The summed E-state index contributed by atoms with van der Waals surface area (Å²) in [6.45, 7) is 1.75. The quantitative estimate of drug-likeness (QED) is 0.582. The number of amides is 1. The van der Waals surface area contributed by atoms with Crippen LogP contribution < -0.4 is 5.73 Å². The molecule has 1 aromatic heterocycles. The highest BCUT2D eigenvalue weighted by molar-refractivity contribution is 6.50. The third-order valence-electron chi connectivity index (χ3n) is 1.27. The molecule has 2 N–H and O–H groups in total. The smallest absolute Gasteiger partial charge is 0.418 e. The summed E-state index contributed by atoms with van der Waals surface area (Å²) < 4.78 is 39.0. The van der Waals surface area contributed by atoms with Crippen molar-refractivity contribution in [1.82, 2.24) is 4.98 Å². The monoisotopic (exact) mass is 223 g/mol. The fraction of sp³-hybridized carbons (Fsp3) is 0.143. The van der Waals surface area contributed by atoms with Crippen molar-refractivity contribution in [3.05, 3.63) is 29.6 Å². The van der Waals surface area contributed by atoms with Crippen molar-refractivity contribution in [2.75, 3.05) is 0 Å². The van der Waals surface area contributed by atoms with E-state index in [2.05, 4.69) is 4.98 Å². The van der Waals surface area contributed by atoms with E-state index in [1.807, 2.05) is 0 Å². The molecule has 0 aliphatic carbocycles. The van der Waals surface area contributed by atoms with E-state index in [0.717, 1.165) is 0 Å². The lowest BCUT2D eigenvalue weighted by Gasteiger charge is -1.96. The van der Waals surface area contributed by atoms with Gasteiger partial charge in [-0.2, -0.15) is 0 Å². The van der Waals surface area contributed by atoms with E-state index in [-0.39, 0.29) is 0 Å². The van der Waals surface area contributed by atoms with E-state index in [0.29, 0.717) is 11.3 Å². The molecule has 0 spiro atoms. The van der Waals surface area contributed by atoms with Gasteiger partial charge in [0, 0.05) is 11.9 Å². The molecule has 1 amide bonds. The first kappa shape index (κ1) is 13.4. The van der Waals surface area contributed by atoms with Gasteiger partial charge in [-0.25, -0.2) is 0 Å². The molecule has 84 valence electrons. The van der Waals surface area contributed by atoms with Gasteiger partial charge >= 0.3 is 7.25 Å². The van der Waals surface area contributed by atoms with Gasteiger partial charge in [0.1, 0.15) is 0 Å². The van der Waals surface area contributed by atoms with Crippen LogP contribution in [0, 0.1) is 6.92 Å². The Morgan fingerprint density at radius 1 is 1.40 bits per heavy atom. The van der Waals surface area contributed by atoms with Gasteiger partial charge in [-0.05, 0) is 19.1 Å². The number of aromatic nitrogens is 1. The van der Waals surface area contributed by atoms with Crippen LogP contribution in [0.25, 0.3) is 0 Å². The summed E-state index contributed by atoms with van der Waals surface area (Å²) in [5.74, 6) is -0.425. The van der Waals surface area contributed by atoms with Gasteiger partial charge in [0.25, 0.3) is 5.91 Å². The first-order valence-electron chi connectivity index (χ1n) is 3.80. The third kappa shape index (κ3) is 7.47. The van der Waals surface area contributed by atoms with Gasteiger partial charge in [0.15, 0.2) is 0 Å². The number of nitrogens with two attached hydrogens (primary N) is 1. The van der Waals surface area contributed by atoms with Crippen molar-refractivity contribution in [2.24, 2.45) is 5.73 Å². The predicted molar refractivity (Wildman–Crippen MR) is 47.7 cm³/mol. The zero-order valence-corrected chi connectivity index (χ0v) is 7.75. The minimum absolute atomic E-state index is 0.425. The number of carbonyl (C=O) groups excluding carboxylic acids is 1. The molecule has 0 aromatic carbocycles. The second-order valence-electron chi connectivity index (χ2n) is 2.50. The second-order valence-corrected chi connectivity index (χ2v) is 2.50. The molecule has 3 nitrogen and oxygen atoms in total. The van der Waals surface area contributed by atoms with Crippen LogP contribution in [0.15, 0.2) is 18.3 Å². The SMILES string of the molecule is Cc1ncccc1C(N)=O.F[B-](F)(F)F. The highest BCUT2D eigenvalue weighted by Gasteiger charge is 2.20. The van der Waals surface area contributed by atoms with Crippen molar-refractivity contribution in [1.29, 1.82) is 0 Å². The number of halogens is 4. The fourth-order valence-corrected chi connectivity index (χ4v) is 0.745. The van der Waals surface area contributed by atoms with E-state index in [4.69, 9.17) is 5.73 Å². The molecular formula is C7H8BF4N2O-. The van der Waals surface area contributed by atoms with E-state index in [1.165, 1.54) is 0 Å². The number of hydrogen-bond donors (Lipinski definition) is 1. The van der Waals surface area contributed by atoms with Crippen molar-refractivity contribution < 1.29 is 22.1 Å². The lowest BCUT2D eigenvalue weighted by atomic mass is 10.2. The third-order valence-corrected chi connectivity index (χ3v) is 1.27. The van der Waals surface area contributed by atoms with E-state index >= 15 is 0 Å². The topological polar surface area (TPSA) is 56.0 Å². The van der Waals surface area contributed by atoms with Gasteiger partial charge in [-0.1, -0.05) is 0 Å². The summed E-state index contributed by atoms with van der Waals surface area (Å²) in [6.07, 6.45) is 1.63. The Morgan fingerprint density at radius 3 is 2.13 bits per heavy atom. The Labute approximate surface area is 83.4 Å². The van der Waals surface area contributed by atoms with E-state index < -0.39 is 13.2 Å². The minimum Gasteiger partial charge on any atom is -0.418 e. The van der Waals surface area contributed by atoms with E-state index in [9.17, 15) is 22.1 Å². The molecule has 0 unspecified atom stereocenters. The minimum atomic E-state index is -6.00. The van der Waals surface area contributed by atoms with Crippen LogP contribution >= 0.6 is 0 Å². The van der Waals surface area contributed by atoms with Gasteiger partial charge in [-0.3, -0.25) is 9.78 Å². The van der Waals surface area contributed by atoms with Gasteiger partial charge in [-0.15, -0.1) is 0 Å². The maximum atomic E-state index is 10.6. The van der Waals surface area contributed by atoms with Crippen molar-refractivity contribution in [3.63, 3.8) is 0 Å². The molecule has 0 aliphatic heterocycles. The van der Waals surface area contributed by atoms with Crippen LogP contribution in [0.2, 0.25) is 0 Å². The van der Waals surface area contributed by atoms with Crippen LogP contribution in [-0.2, 0) is 0 Å². The molecule has 0 aliphatic rings. The van der Waals surface area contributed by atoms with Crippen molar-refractivity contribution in [2.45, 2.75) is 6.92 Å². The van der Waals surface area contributed by atoms with E-state index in [1.54, 1.807) is 25.3 Å². The normalized spacial score (nSPS) is 10.2. The summed E-state index contributed by atoms with van der Waals surface area (Å²) in [7, 11) is -6.00. The summed E-state index contributed by atoms with van der Waals surface area (Å²) in [6, 6.07) is 3.34. The number of pyridine rings is 1. The van der Waals surface area contributed by atoms with Crippen LogP contribution in [0.3, 0.4) is 0 Å². The molecule has 1 aromatic rings. The number of primary amides is 1. The predicted octanol–water partition coefficient (Wildman–Crippen LogP) is 1.79. The lowest BCUT2D eigenvalue weighted by molar-refractivity contribution is 0.0999. The van der Waals surface area contributed by atoms with Crippen LogP contribution in [-0.4, -0.2) is 18.1 Å². The number of nitrogens with zero attached hydrogens (tertiary/aromatic N) is 1. The Balaban J connectivity index is 0.000000336. The van der Waals surface area contributed by atoms with Gasteiger partial charge in [0.2, 0.25) is 0 Å². The summed E-state index contributed by atoms with van der Waals surface area (Å²) in [5.41, 5.74) is 6.20. The number of rotatable bonds is 1. The average molecular weight is 223 g/mol. The Morgan fingerprint density at radius 2 is 1.87 bits per heavy atom.